The molecule has 1 N–H and O–H groups in total. The summed E-state index contributed by atoms with van der Waals surface area (Å²) < 4.78 is 16.8. The zero-order chi connectivity index (χ0) is 21.5. The number of carbonyl (C=O) groups excluding carboxylic acids is 1. The van der Waals surface area contributed by atoms with E-state index in [4.69, 9.17) is 14.2 Å². The van der Waals surface area contributed by atoms with Crippen molar-refractivity contribution in [2.24, 2.45) is 0 Å². The molecule has 0 saturated carbocycles. The molecule has 0 aliphatic carbocycles. The van der Waals surface area contributed by atoms with Crippen LogP contribution in [0.1, 0.15) is 12.5 Å². The summed E-state index contributed by atoms with van der Waals surface area (Å²) in [6.07, 6.45) is 3.15. The van der Waals surface area contributed by atoms with Crippen LogP contribution in [0.3, 0.4) is 0 Å². The van der Waals surface area contributed by atoms with Gasteiger partial charge >= 0.3 is 0 Å². The van der Waals surface area contributed by atoms with Crippen LogP contribution in [0.2, 0.25) is 0 Å². The lowest BCUT2D eigenvalue weighted by molar-refractivity contribution is -0.111. The third-order valence-corrected chi connectivity index (χ3v) is 5.43. The van der Waals surface area contributed by atoms with Crippen LogP contribution in [0, 0.1) is 0 Å². The number of hydrogen-bond acceptors (Lipinski definition) is 6. The molecular formula is C22H21BrN2O4S. The van der Waals surface area contributed by atoms with E-state index >= 15 is 0 Å². The number of aromatic nitrogens is 1. The average molecular weight is 489 g/mol. The van der Waals surface area contributed by atoms with Crippen LogP contribution in [-0.2, 0) is 4.79 Å². The molecule has 0 bridgehead atoms. The van der Waals surface area contributed by atoms with Crippen molar-refractivity contribution >= 4 is 44.4 Å². The largest absolute Gasteiger partial charge is 0.494 e. The number of halogens is 1. The minimum atomic E-state index is -0.270. The zero-order valence-electron chi connectivity index (χ0n) is 16.8. The van der Waals surface area contributed by atoms with Gasteiger partial charge in [-0.1, -0.05) is 0 Å². The van der Waals surface area contributed by atoms with Crippen molar-refractivity contribution < 1.29 is 19.0 Å². The van der Waals surface area contributed by atoms with Crippen molar-refractivity contribution in [2.45, 2.75) is 6.92 Å². The van der Waals surface area contributed by atoms with Gasteiger partial charge in [0.2, 0.25) is 5.91 Å². The van der Waals surface area contributed by atoms with E-state index in [9.17, 15) is 4.79 Å². The molecule has 3 rings (SSSR count). The van der Waals surface area contributed by atoms with Gasteiger partial charge in [-0.25, -0.2) is 4.98 Å². The molecule has 1 heterocycles. The zero-order valence-corrected chi connectivity index (χ0v) is 19.2. The van der Waals surface area contributed by atoms with Gasteiger partial charge in [0.15, 0.2) is 16.6 Å². The van der Waals surface area contributed by atoms with Crippen molar-refractivity contribution in [1.29, 1.82) is 0 Å². The van der Waals surface area contributed by atoms with E-state index in [2.05, 4.69) is 26.2 Å². The van der Waals surface area contributed by atoms with Crippen LogP contribution in [0.15, 0.2) is 52.3 Å². The second-order valence-corrected chi connectivity index (χ2v) is 7.77. The Labute approximate surface area is 187 Å². The number of nitrogens with one attached hydrogen (secondary N) is 1. The van der Waals surface area contributed by atoms with Gasteiger partial charge in [-0.15, -0.1) is 11.3 Å². The van der Waals surface area contributed by atoms with Crippen molar-refractivity contribution in [1.82, 2.24) is 4.98 Å². The SMILES string of the molecule is CCOc1ccc(-c2csc(NC(=O)C=Cc3cc(Br)c(OC)c(OC)c3)n2)cc1. The van der Waals surface area contributed by atoms with Crippen LogP contribution in [0.4, 0.5) is 5.13 Å². The number of ether oxygens (including phenoxy) is 3. The van der Waals surface area contributed by atoms with Crippen molar-refractivity contribution in [2.75, 3.05) is 26.1 Å². The maximum atomic E-state index is 12.3. The van der Waals surface area contributed by atoms with E-state index in [0.29, 0.717) is 23.2 Å². The number of thiazole rings is 1. The molecule has 30 heavy (non-hydrogen) atoms. The number of amides is 1. The Morgan fingerprint density at radius 1 is 1.20 bits per heavy atom. The fourth-order valence-electron chi connectivity index (χ4n) is 2.71. The molecule has 0 aliphatic heterocycles. The van der Waals surface area contributed by atoms with Crippen LogP contribution in [0.25, 0.3) is 17.3 Å². The Balaban J connectivity index is 1.66. The lowest BCUT2D eigenvalue weighted by atomic mass is 10.2. The van der Waals surface area contributed by atoms with Gasteiger partial charge in [0.25, 0.3) is 0 Å². The molecule has 8 heteroatoms. The summed E-state index contributed by atoms with van der Waals surface area (Å²) in [4.78, 5) is 16.8. The minimum absolute atomic E-state index is 0.270. The summed E-state index contributed by atoms with van der Waals surface area (Å²) in [5, 5.41) is 5.22. The van der Waals surface area contributed by atoms with E-state index in [0.717, 1.165) is 27.0 Å². The number of carbonyl (C=O) groups is 1. The first-order chi connectivity index (χ1) is 14.5. The highest BCUT2D eigenvalue weighted by Crippen LogP contribution is 2.36. The van der Waals surface area contributed by atoms with Gasteiger partial charge in [0.05, 0.1) is 31.0 Å². The second kappa shape index (κ2) is 10.3. The first-order valence-electron chi connectivity index (χ1n) is 9.13. The van der Waals surface area contributed by atoms with Crippen molar-refractivity contribution in [3.05, 3.63) is 57.9 Å². The van der Waals surface area contributed by atoms with Gasteiger partial charge in [-0.2, -0.15) is 0 Å². The highest BCUT2D eigenvalue weighted by molar-refractivity contribution is 9.10. The Morgan fingerprint density at radius 2 is 1.97 bits per heavy atom. The monoisotopic (exact) mass is 488 g/mol. The van der Waals surface area contributed by atoms with Gasteiger partial charge in [-0.05, 0) is 70.9 Å². The molecule has 1 aromatic heterocycles. The number of anilines is 1. The Kier molecular flexibility index (Phi) is 7.48. The molecule has 0 spiro atoms. The molecule has 0 aliphatic rings. The average Bonchev–Trinajstić information content (AvgIpc) is 3.21. The fourth-order valence-corrected chi connectivity index (χ4v) is 4.05. The first-order valence-corrected chi connectivity index (χ1v) is 10.8. The summed E-state index contributed by atoms with van der Waals surface area (Å²) in [5.41, 5.74) is 2.55. The van der Waals surface area contributed by atoms with Gasteiger partial charge in [-0.3, -0.25) is 10.1 Å². The third-order valence-electron chi connectivity index (χ3n) is 4.08. The quantitative estimate of drug-likeness (QED) is 0.415. The molecule has 0 fully saturated rings. The summed E-state index contributed by atoms with van der Waals surface area (Å²) in [5.74, 6) is 1.72. The van der Waals surface area contributed by atoms with Gasteiger partial charge in [0, 0.05) is 17.0 Å². The number of methoxy groups -OCH3 is 2. The van der Waals surface area contributed by atoms with E-state index in [-0.39, 0.29) is 5.91 Å². The van der Waals surface area contributed by atoms with Crippen LogP contribution >= 0.6 is 27.3 Å². The van der Waals surface area contributed by atoms with Gasteiger partial charge < -0.3 is 14.2 Å². The second-order valence-electron chi connectivity index (χ2n) is 6.06. The minimum Gasteiger partial charge on any atom is -0.494 e. The fraction of sp³-hybridized carbons (Fsp3) is 0.182. The summed E-state index contributed by atoms with van der Waals surface area (Å²) in [6, 6.07) is 11.3. The Bertz CT molecular complexity index is 1050. The summed E-state index contributed by atoms with van der Waals surface area (Å²) in [7, 11) is 3.14. The van der Waals surface area contributed by atoms with Crippen LogP contribution in [0.5, 0.6) is 17.2 Å². The highest BCUT2D eigenvalue weighted by Gasteiger charge is 2.10. The molecule has 3 aromatic rings. The number of nitrogens with zero attached hydrogens (tertiary/aromatic N) is 1. The maximum Gasteiger partial charge on any atom is 0.250 e. The molecule has 0 radical (unpaired) electrons. The van der Waals surface area contributed by atoms with Crippen molar-refractivity contribution in [3.63, 3.8) is 0 Å². The number of rotatable bonds is 8. The molecule has 2 aromatic carbocycles. The Morgan fingerprint density at radius 3 is 2.63 bits per heavy atom. The molecule has 6 nitrogen and oxygen atoms in total. The molecular weight excluding hydrogens is 468 g/mol. The van der Waals surface area contributed by atoms with E-state index < -0.39 is 0 Å². The number of benzene rings is 2. The van der Waals surface area contributed by atoms with E-state index in [1.165, 1.54) is 17.4 Å². The van der Waals surface area contributed by atoms with Crippen molar-refractivity contribution in [3.8, 4) is 28.5 Å². The maximum absolute atomic E-state index is 12.3. The predicted molar refractivity (Wildman–Crippen MR) is 124 cm³/mol. The molecule has 0 saturated heterocycles. The van der Waals surface area contributed by atoms with Crippen LogP contribution < -0.4 is 19.5 Å². The molecule has 0 unspecified atom stereocenters. The first kappa shape index (κ1) is 21.9. The number of hydrogen-bond donors (Lipinski definition) is 1. The molecule has 0 atom stereocenters. The van der Waals surface area contributed by atoms with E-state index in [1.807, 2.05) is 42.6 Å². The standard InChI is InChI=1S/C22H21BrN2O4S/c1-4-29-16-8-6-15(7-9-16)18-13-30-22(24-18)25-20(26)10-5-14-11-17(23)21(28-3)19(12-14)27-2/h5-13H,4H2,1-3H3,(H,24,25,26). The normalized spacial score (nSPS) is 10.8. The third kappa shape index (κ3) is 5.40. The lowest BCUT2D eigenvalue weighted by Crippen LogP contribution is -2.07. The topological polar surface area (TPSA) is 69.7 Å². The summed E-state index contributed by atoms with van der Waals surface area (Å²) in [6.45, 7) is 2.57. The summed E-state index contributed by atoms with van der Waals surface area (Å²) >= 11 is 4.81. The molecule has 156 valence electrons. The van der Waals surface area contributed by atoms with E-state index in [1.54, 1.807) is 26.4 Å². The van der Waals surface area contributed by atoms with Gasteiger partial charge in [0.1, 0.15) is 5.75 Å². The lowest BCUT2D eigenvalue weighted by Gasteiger charge is -2.10. The molecule has 1 amide bonds. The Hall–Kier alpha value is -2.84. The highest BCUT2D eigenvalue weighted by atomic mass is 79.9. The smallest absolute Gasteiger partial charge is 0.250 e. The van der Waals surface area contributed by atoms with Crippen LogP contribution in [-0.4, -0.2) is 31.7 Å². The predicted octanol–water partition coefficient (Wildman–Crippen LogP) is 5.64.